The van der Waals surface area contributed by atoms with E-state index in [1.54, 1.807) is 0 Å². The van der Waals surface area contributed by atoms with Gasteiger partial charge >= 0.3 is 0 Å². The Morgan fingerprint density at radius 1 is 1.21 bits per heavy atom. The Morgan fingerprint density at radius 2 is 1.84 bits per heavy atom. The van der Waals surface area contributed by atoms with Gasteiger partial charge in [0.05, 0.1) is 34.4 Å². The standard InChI is InChI=1S/C11H26NO6P/c1-6-16-9-11(15-5)10-18-19(13,14)17-8-7-12(2,3)4/h11H,6-10H2,1-5H3/t11-/m1/s1. The highest BCUT2D eigenvalue weighted by atomic mass is 31.2. The van der Waals surface area contributed by atoms with E-state index in [2.05, 4.69) is 0 Å². The molecule has 1 unspecified atom stereocenters. The van der Waals surface area contributed by atoms with Crippen LogP contribution < -0.4 is 4.89 Å². The van der Waals surface area contributed by atoms with Crippen LogP contribution >= 0.6 is 7.82 Å². The van der Waals surface area contributed by atoms with Gasteiger partial charge in [0.2, 0.25) is 0 Å². The van der Waals surface area contributed by atoms with Crippen LogP contribution in [0.2, 0.25) is 0 Å². The molecule has 0 aromatic heterocycles. The van der Waals surface area contributed by atoms with Crippen LogP contribution in [0.15, 0.2) is 0 Å². The third-order valence-electron chi connectivity index (χ3n) is 2.27. The lowest BCUT2D eigenvalue weighted by Gasteiger charge is -2.28. The number of hydrogen-bond donors (Lipinski definition) is 0. The molecule has 0 aliphatic rings. The van der Waals surface area contributed by atoms with Crippen molar-refractivity contribution in [2.45, 2.75) is 13.0 Å². The number of methoxy groups -OCH3 is 1. The second kappa shape index (κ2) is 9.02. The van der Waals surface area contributed by atoms with E-state index in [1.165, 1.54) is 7.11 Å². The van der Waals surface area contributed by atoms with Crippen molar-refractivity contribution in [2.24, 2.45) is 0 Å². The number of phosphoric acid groups is 1. The van der Waals surface area contributed by atoms with Crippen LogP contribution in [0, 0.1) is 0 Å². The third kappa shape index (κ3) is 11.5. The van der Waals surface area contributed by atoms with Gasteiger partial charge in [0, 0.05) is 13.7 Å². The van der Waals surface area contributed by atoms with Crippen LogP contribution in [0.25, 0.3) is 0 Å². The molecule has 0 rings (SSSR count). The molecule has 8 heteroatoms. The van der Waals surface area contributed by atoms with E-state index >= 15 is 0 Å². The van der Waals surface area contributed by atoms with Crippen molar-refractivity contribution in [2.75, 3.05) is 61.2 Å². The molecule has 0 aromatic rings. The highest BCUT2D eigenvalue weighted by Gasteiger charge is 2.16. The first-order chi connectivity index (χ1) is 8.70. The highest BCUT2D eigenvalue weighted by molar-refractivity contribution is 7.45. The van der Waals surface area contributed by atoms with Gasteiger partial charge in [-0.25, -0.2) is 0 Å². The first-order valence-electron chi connectivity index (χ1n) is 6.21. The minimum atomic E-state index is -4.27. The van der Waals surface area contributed by atoms with E-state index in [0.29, 0.717) is 17.6 Å². The lowest BCUT2D eigenvalue weighted by atomic mass is 10.4. The Morgan fingerprint density at radius 3 is 2.32 bits per heavy atom. The molecule has 2 atom stereocenters. The van der Waals surface area contributed by atoms with E-state index in [1.807, 2.05) is 28.1 Å². The van der Waals surface area contributed by atoms with Crippen molar-refractivity contribution in [3.05, 3.63) is 0 Å². The summed E-state index contributed by atoms with van der Waals surface area (Å²) in [5.74, 6) is 0. The fourth-order valence-electron chi connectivity index (χ4n) is 1.07. The minimum Gasteiger partial charge on any atom is -0.756 e. The Labute approximate surface area is 115 Å². The second-order valence-corrected chi connectivity index (χ2v) is 6.52. The average Bonchev–Trinajstić information content (AvgIpc) is 2.27. The van der Waals surface area contributed by atoms with Crippen molar-refractivity contribution >= 4 is 7.82 Å². The summed E-state index contributed by atoms with van der Waals surface area (Å²) in [5.41, 5.74) is 0. The van der Waals surface area contributed by atoms with Gasteiger partial charge in [-0.15, -0.1) is 0 Å². The summed E-state index contributed by atoms with van der Waals surface area (Å²) in [5, 5.41) is 0. The van der Waals surface area contributed by atoms with E-state index in [4.69, 9.17) is 18.5 Å². The molecule has 0 saturated heterocycles. The quantitative estimate of drug-likeness (QED) is 0.402. The number of rotatable bonds is 11. The maximum atomic E-state index is 11.5. The van der Waals surface area contributed by atoms with Crippen LogP contribution in [0.4, 0.5) is 0 Å². The zero-order valence-corrected chi connectivity index (χ0v) is 13.4. The van der Waals surface area contributed by atoms with E-state index in [0.717, 1.165) is 0 Å². The molecule has 7 nitrogen and oxygen atoms in total. The zero-order chi connectivity index (χ0) is 14.9. The second-order valence-electron chi connectivity index (χ2n) is 5.11. The van der Waals surface area contributed by atoms with Gasteiger partial charge in [-0.05, 0) is 6.92 Å². The number of quaternary nitrogens is 1. The molecule has 0 aliphatic carbocycles. The molecular weight excluding hydrogens is 273 g/mol. The highest BCUT2D eigenvalue weighted by Crippen LogP contribution is 2.38. The Bertz CT molecular complexity index is 281. The number of hydrogen-bond acceptors (Lipinski definition) is 6. The topological polar surface area (TPSA) is 77.1 Å². The molecule has 0 aliphatic heterocycles. The maximum absolute atomic E-state index is 11.5. The fraction of sp³-hybridized carbons (Fsp3) is 1.00. The molecule has 0 saturated carbocycles. The largest absolute Gasteiger partial charge is 0.756 e. The van der Waals surface area contributed by atoms with Gasteiger partial charge in [0.25, 0.3) is 7.82 Å². The van der Waals surface area contributed by atoms with Gasteiger partial charge < -0.3 is 27.9 Å². The summed E-state index contributed by atoms with van der Waals surface area (Å²) < 4.78 is 31.8. The number of likely N-dealkylation sites (N-methyl/N-ethyl adjacent to an activating group) is 1. The molecule has 0 heterocycles. The molecule has 0 radical (unpaired) electrons. The Balaban J connectivity index is 3.97. The van der Waals surface area contributed by atoms with Gasteiger partial charge in [0.1, 0.15) is 19.3 Å². The Hall–Kier alpha value is -0.0100. The number of nitrogens with zero attached hydrogens (tertiary/aromatic N) is 1. The van der Waals surface area contributed by atoms with E-state index in [-0.39, 0.29) is 19.8 Å². The number of phosphoric ester groups is 1. The van der Waals surface area contributed by atoms with Gasteiger partial charge in [0.15, 0.2) is 0 Å². The van der Waals surface area contributed by atoms with Crippen molar-refractivity contribution in [3.8, 4) is 0 Å². The molecular formula is C11H26NO6P. The predicted octanol–water partition coefficient (Wildman–Crippen LogP) is 0.246. The summed E-state index contributed by atoms with van der Waals surface area (Å²) >= 11 is 0. The first-order valence-corrected chi connectivity index (χ1v) is 7.67. The van der Waals surface area contributed by atoms with Crippen molar-refractivity contribution in [1.82, 2.24) is 0 Å². The Kier molecular flexibility index (Phi) is 9.02. The third-order valence-corrected chi connectivity index (χ3v) is 3.24. The summed E-state index contributed by atoms with van der Waals surface area (Å²) in [7, 11) is 3.04. The van der Waals surface area contributed by atoms with Crippen molar-refractivity contribution in [3.63, 3.8) is 0 Å². The molecule has 116 valence electrons. The number of ether oxygens (including phenoxy) is 2. The monoisotopic (exact) mass is 299 g/mol. The maximum Gasteiger partial charge on any atom is 0.268 e. The van der Waals surface area contributed by atoms with Crippen LogP contribution in [0.5, 0.6) is 0 Å². The summed E-state index contributed by atoms with van der Waals surface area (Å²) in [4.78, 5) is 11.5. The van der Waals surface area contributed by atoms with Crippen LogP contribution in [0.1, 0.15) is 6.92 Å². The van der Waals surface area contributed by atoms with Crippen LogP contribution in [-0.2, 0) is 23.1 Å². The minimum absolute atomic E-state index is 0.0907. The lowest BCUT2D eigenvalue weighted by molar-refractivity contribution is -0.870. The van der Waals surface area contributed by atoms with Crippen molar-refractivity contribution < 1.29 is 32.5 Å². The van der Waals surface area contributed by atoms with Gasteiger partial charge in [-0.2, -0.15) is 0 Å². The molecule has 19 heavy (non-hydrogen) atoms. The first kappa shape index (κ1) is 19.0. The zero-order valence-electron chi connectivity index (χ0n) is 12.5. The summed E-state index contributed by atoms with van der Waals surface area (Å²) in [6.07, 6.45) is -0.427. The predicted molar refractivity (Wildman–Crippen MR) is 69.7 cm³/mol. The lowest BCUT2D eigenvalue weighted by Crippen LogP contribution is -2.37. The summed E-state index contributed by atoms with van der Waals surface area (Å²) in [6.45, 7) is 3.22. The molecule has 0 bridgehead atoms. The van der Waals surface area contributed by atoms with Gasteiger partial charge in [-0.1, -0.05) is 0 Å². The van der Waals surface area contributed by atoms with E-state index < -0.39 is 13.9 Å². The molecule has 0 spiro atoms. The molecule has 0 amide bonds. The summed E-state index contributed by atoms with van der Waals surface area (Å²) in [6, 6.07) is 0. The van der Waals surface area contributed by atoms with Crippen LogP contribution in [-0.4, -0.2) is 71.8 Å². The molecule has 0 aromatic carbocycles. The smallest absolute Gasteiger partial charge is 0.268 e. The molecule has 0 fully saturated rings. The van der Waals surface area contributed by atoms with Crippen LogP contribution in [0.3, 0.4) is 0 Å². The SMILES string of the molecule is CCOC[C@H](COP(=O)([O-])OCC[N+](C)(C)C)OC. The fourth-order valence-corrected chi connectivity index (χ4v) is 1.80. The average molecular weight is 299 g/mol. The van der Waals surface area contributed by atoms with Gasteiger partial charge in [-0.3, -0.25) is 4.57 Å². The normalized spacial score (nSPS) is 17.2. The van der Waals surface area contributed by atoms with E-state index in [9.17, 15) is 9.46 Å². The molecule has 0 N–H and O–H groups in total. The van der Waals surface area contributed by atoms with Crippen molar-refractivity contribution in [1.29, 1.82) is 0 Å².